The van der Waals surface area contributed by atoms with Crippen molar-refractivity contribution in [2.24, 2.45) is 0 Å². The summed E-state index contributed by atoms with van der Waals surface area (Å²) in [5.74, 6) is 0.0170. The summed E-state index contributed by atoms with van der Waals surface area (Å²) in [7, 11) is 1.75. The molecule has 2 aromatic carbocycles. The zero-order valence-electron chi connectivity index (χ0n) is 12.7. The SMILES string of the molecule is CN(Cc1cccc(C#N)c1)C(=O)CCc1cccc(Cl)c1Cl. The average molecular weight is 347 g/mol. The molecule has 2 rings (SSSR count). The third kappa shape index (κ3) is 4.72. The molecule has 0 aromatic heterocycles. The number of amides is 1. The van der Waals surface area contributed by atoms with Gasteiger partial charge in [-0.15, -0.1) is 0 Å². The molecular formula is C18H16Cl2N2O. The van der Waals surface area contributed by atoms with E-state index in [1.165, 1.54) is 0 Å². The Labute approximate surface area is 146 Å². The fourth-order valence-electron chi connectivity index (χ4n) is 2.28. The molecule has 0 atom stereocenters. The number of hydrogen-bond acceptors (Lipinski definition) is 2. The highest BCUT2D eigenvalue weighted by atomic mass is 35.5. The molecule has 1 amide bonds. The monoisotopic (exact) mass is 346 g/mol. The lowest BCUT2D eigenvalue weighted by Crippen LogP contribution is -2.26. The summed E-state index contributed by atoms with van der Waals surface area (Å²) >= 11 is 12.1. The van der Waals surface area contributed by atoms with Gasteiger partial charge in [0.25, 0.3) is 0 Å². The van der Waals surface area contributed by atoms with Gasteiger partial charge in [0.1, 0.15) is 0 Å². The van der Waals surface area contributed by atoms with Crippen molar-refractivity contribution in [3.63, 3.8) is 0 Å². The van der Waals surface area contributed by atoms with E-state index in [1.807, 2.05) is 24.3 Å². The van der Waals surface area contributed by atoms with Gasteiger partial charge in [0.05, 0.1) is 21.7 Å². The van der Waals surface area contributed by atoms with Crippen molar-refractivity contribution < 1.29 is 4.79 Å². The number of carbonyl (C=O) groups excluding carboxylic acids is 1. The van der Waals surface area contributed by atoms with E-state index in [2.05, 4.69) is 6.07 Å². The lowest BCUT2D eigenvalue weighted by atomic mass is 10.1. The zero-order valence-corrected chi connectivity index (χ0v) is 14.2. The summed E-state index contributed by atoms with van der Waals surface area (Å²) in [6.07, 6.45) is 0.898. The van der Waals surface area contributed by atoms with Gasteiger partial charge in [-0.1, -0.05) is 47.5 Å². The van der Waals surface area contributed by atoms with Crippen molar-refractivity contribution in [1.82, 2.24) is 4.90 Å². The summed E-state index contributed by atoms with van der Waals surface area (Å²) in [6.45, 7) is 0.470. The van der Waals surface area contributed by atoms with Crippen molar-refractivity contribution in [2.75, 3.05) is 7.05 Å². The van der Waals surface area contributed by atoms with Gasteiger partial charge in [-0.25, -0.2) is 0 Å². The quantitative estimate of drug-likeness (QED) is 0.802. The van der Waals surface area contributed by atoms with Crippen LogP contribution in [0.3, 0.4) is 0 Å². The van der Waals surface area contributed by atoms with Crippen LogP contribution in [0.25, 0.3) is 0 Å². The van der Waals surface area contributed by atoms with E-state index in [0.29, 0.717) is 35.0 Å². The Balaban J connectivity index is 1.95. The molecular weight excluding hydrogens is 331 g/mol. The summed E-state index contributed by atoms with van der Waals surface area (Å²) in [6, 6.07) is 14.8. The summed E-state index contributed by atoms with van der Waals surface area (Å²) in [4.78, 5) is 13.9. The minimum Gasteiger partial charge on any atom is -0.341 e. The van der Waals surface area contributed by atoms with E-state index in [0.717, 1.165) is 11.1 Å². The fourth-order valence-corrected chi connectivity index (χ4v) is 2.69. The Morgan fingerprint density at radius 3 is 2.70 bits per heavy atom. The van der Waals surface area contributed by atoms with Crippen LogP contribution in [0.5, 0.6) is 0 Å². The molecule has 0 radical (unpaired) electrons. The van der Waals surface area contributed by atoms with Crippen LogP contribution >= 0.6 is 23.2 Å². The molecule has 0 saturated heterocycles. The van der Waals surface area contributed by atoms with Crippen LogP contribution < -0.4 is 0 Å². The van der Waals surface area contributed by atoms with Crippen LogP contribution in [0.15, 0.2) is 42.5 Å². The fraction of sp³-hybridized carbons (Fsp3) is 0.222. The molecule has 0 heterocycles. The zero-order chi connectivity index (χ0) is 16.8. The standard InChI is InChI=1S/C18H16Cl2N2O/c1-22(12-14-5-2-4-13(10-14)11-21)17(23)9-8-15-6-3-7-16(19)18(15)20/h2-7,10H,8-9,12H2,1H3. The van der Waals surface area contributed by atoms with Crippen LogP contribution in [-0.4, -0.2) is 17.9 Å². The first-order valence-corrected chi connectivity index (χ1v) is 7.92. The molecule has 0 aliphatic heterocycles. The first-order valence-electron chi connectivity index (χ1n) is 7.17. The highest BCUT2D eigenvalue weighted by Gasteiger charge is 2.12. The van der Waals surface area contributed by atoms with E-state index >= 15 is 0 Å². The molecule has 118 valence electrons. The third-order valence-corrected chi connectivity index (χ3v) is 4.40. The molecule has 0 aliphatic rings. The Hall–Kier alpha value is -2.02. The van der Waals surface area contributed by atoms with Gasteiger partial charge in [-0.2, -0.15) is 5.26 Å². The van der Waals surface area contributed by atoms with Crippen molar-refractivity contribution >= 4 is 29.1 Å². The van der Waals surface area contributed by atoms with Gasteiger partial charge in [0, 0.05) is 20.0 Å². The van der Waals surface area contributed by atoms with Crippen LogP contribution in [0.2, 0.25) is 10.0 Å². The minimum atomic E-state index is 0.0170. The van der Waals surface area contributed by atoms with Crippen molar-refractivity contribution in [3.05, 3.63) is 69.2 Å². The largest absolute Gasteiger partial charge is 0.341 e. The molecule has 0 bridgehead atoms. The minimum absolute atomic E-state index is 0.0170. The second-order valence-corrected chi connectivity index (χ2v) is 6.06. The first-order chi connectivity index (χ1) is 11.0. The number of nitriles is 1. The number of nitrogens with zero attached hydrogens (tertiary/aromatic N) is 2. The van der Waals surface area contributed by atoms with Gasteiger partial charge in [-0.3, -0.25) is 4.79 Å². The number of benzene rings is 2. The average Bonchev–Trinajstić information content (AvgIpc) is 2.56. The second-order valence-electron chi connectivity index (χ2n) is 5.27. The highest BCUT2D eigenvalue weighted by Crippen LogP contribution is 2.26. The molecule has 0 aliphatic carbocycles. The number of carbonyl (C=O) groups is 1. The molecule has 0 saturated carbocycles. The maximum Gasteiger partial charge on any atom is 0.222 e. The molecule has 2 aromatic rings. The van der Waals surface area contributed by atoms with E-state index in [-0.39, 0.29) is 5.91 Å². The topological polar surface area (TPSA) is 44.1 Å². The predicted octanol–water partition coefficient (Wildman–Crippen LogP) is 4.46. The lowest BCUT2D eigenvalue weighted by molar-refractivity contribution is -0.130. The Kier molecular flexibility index (Phi) is 6.04. The smallest absolute Gasteiger partial charge is 0.222 e. The van der Waals surface area contributed by atoms with Crippen LogP contribution in [-0.2, 0) is 17.8 Å². The predicted molar refractivity (Wildman–Crippen MR) is 92.4 cm³/mol. The van der Waals surface area contributed by atoms with Gasteiger partial charge >= 0.3 is 0 Å². The van der Waals surface area contributed by atoms with Crippen molar-refractivity contribution in [3.8, 4) is 6.07 Å². The molecule has 23 heavy (non-hydrogen) atoms. The summed E-state index contributed by atoms with van der Waals surface area (Å²) in [5, 5.41) is 9.91. The van der Waals surface area contributed by atoms with E-state index in [9.17, 15) is 4.79 Å². The molecule has 5 heteroatoms. The Morgan fingerprint density at radius 2 is 1.96 bits per heavy atom. The van der Waals surface area contributed by atoms with Crippen LogP contribution in [0, 0.1) is 11.3 Å². The van der Waals surface area contributed by atoms with Gasteiger partial charge < -0.3 is 4.90 Å². The Morgan fingerprint density at radius 1 is 1.22 bits per heavy atom. The lowest BCUT2D eigenvalue weighted by Gasteiger charge is -2.17. The van der Waals surface area contributed by atoms with Crippen LogP contribution in [0.1, 0.15) is 23.1 Å². The van der Waals surface area contributed by atoms with E-state index < -0.39 is 0 Å². The number of hydrogen-bond donors (Lipinski definition) is 0. The summed E-state index contributed by atoms with van der Waals surface area (Å²) in [5.41, 5.74) is 2.39. The van der Waals surface area contributed by atoms with Crippen molar-refractivity contribution in [1.29, 1.82) is 5.26 Å². The molecule has 0 spiro atoms. The maximum atomic E-state index is 12.3. The van der Waals surface area contributed by atoms with E-state index in [1.54, 1.807) is 30.1 Å². The van der Waals surface area contributed by atoms with E-state index in [4.69, 9.17) is 28.5 Å². The van der Waals surface area contributed by atoms with Gasteiger partial charge in [0.15, 0.2) is 0 Å². The van der Waals surface area contributed by atoms with Gasteiger partial charge in [-0.05, 0) is 35.7 Å². The first kappa shape index (κ1) is 17.3. The number of aryl methyl sites for hydroxylation is 1. The van der Waals surface area contributed by atoms with Gasteiger partial charge in [0.2, 0.25) is 5.91 Å². The van der Waals surface area contributed by atoms with Crippen molar-refractivity contribution in [2.45, 2.75) is 19.4 Å². The third-order valence-electron chi connectivity index (χ3n) is 3.54. The highest BCUT2D eigenvalue weighted by molar-refractivity contribution is 6.42. The number of halogens is 2. The normalized spacial score (nSPS) is 10.2. The maximum absolute atomic E-state index is 12.3. The summed E-state index contributed by atoms with van der Waals surface area (Å²) < 4.78 is 0. The Bertz CT molecular complexity index is 753. The molecule has 0 unspecified atom stereocenters. The molecule has 0 N–H and O–H groups in total. The molecule has 0 fully saturated rings. The second kappa shape index (κ2) is 8.01. The molecule has 3 nitrogen and oxygen atoms in total. The van der Waals surface area contributed by atoms with Crippen LogP contribution in [0.4, 0.5) is 0 Å². The number of rotatable bonds is 5.